The molecule has 5 rings (SSSR count). The van der Waals surface area contributed by atoms with Gasteiger partial charge in [0.2, 0.25) is 0 Å². The van der Waals surface area contributed by atoms with Crippen LogP contribution in [0.5, 0.6) is 0 Å². The van der Waals surface area contributed by atoms with Crippen molar-refractivity contribution in [1.82, 2.24) is 4.90 Å². The number of cyclic esters (lactones) is 1. The van der Waals surface area contributed by atoms with Crippen LogP contribution in [0.15, 0.2) is 91.0 Å². The number of ether oxygens (including phenoxy) is 4. The van der Waals surface area contributed by atoms with E-state index >= 15 is 0 Å². The summed E-state index contributed by atoms with van der Waals surface area (Å²) in [4.78, 5) is 14.4. The van der Waals surface area contributed by atoms with Crippen molar-refractivity contribution in [2.75, 3.05) is 13.2 Å². The Kier molecular flexibility index (Phi) is 7.19. The Morgan fingerprint density at radius 1 is 0.706 bits per heavy atom. The van der Waals surface area contributed by atoms with E-state index in [1.807, 2.05) is 91.0 Å². The van der Waals surface area contributed by atoms with Gasteiger partial charge in [0.05, 0.1) is 38.5 Å². The highest BCUT2D eigenvalue weighted by Gasteiger charge is 2.56. The van der Waals surface area contributed by atoms with Gasteiger partial charge in [0.25, 0.3) is 0 Å². The predicted octanol–water partition coefficient (Wildman–Crippen LogP) is 4.58. The first kappa shape index (κ1) is 22.6. The van der Waals surface area contributed by atoms with Gasteiger partial charge in [-0.1, -0.05) is 91.0 Å². The molecule has 0 spiro atoms. The molecule has 34 heavy (non-hydrogen) atoms. The molecule has 3 aromatic rings. The van der Waals surface area contributed by atoms with Crippen molar-refractivity contribution in [1.29, 1.82) is 0 Å². The lowest BCUT2D eigenvalue weighted by Crippen LogP contribution is -2.43. The fraction of sp³-hybridized carbons (Fsp3) is 0.321. The SMILES string of the molecule is O=C1OC[C@H]2[C@@H](OCc3ccccc3)[C@H](OCc3ccccc3)[C@@H](COCc3ccccc3)N12. The Hall–Kier alpha value is -3.19. The van der Waals surface area contributed by atoms with E-state index in [2.05, 4.69) is 0 Å². The lowest BCUT2D eigenvalue weighted by atomic mass is 10.1. The van der Waals surface area contributed by atoms with Gasteiger partial charge in [0.15, 0.2) is 0 Å². The minimum atomic E-state index is -0.336. The molecule has 0 unspecified atom stereocenters. The van der Waals surface area contributed by atoms with Crippen LogP contribution in [0.2, 0.25) is 0 Å². The van der Waals surface area contributed by atoms with Crippen LogP contribution in [-0.2, 0) is 38.8 Å². The maximum Gasteiger partial charge on any atom is 0.410 e. The zero-order chi connectivity index (χ0) is 23.2. The standard InChI is InChI=1S/C28H29NO5/c30-28-29-24(19-31-16-21-10-4-1-5-11-21)26(32-17-22-12-6-2-7-13-22)27(25(29)20-34-28)33-18-23-14-8-3-9-15-23/h1-15,24-27H,16-20H2/t24-,25+,26-,27-/m1/s1. The van der Waals surface area contributed by atoms with Crippen LogP contribution < -0.4 is 0 Å². The number of hydrogen-bond donors (Lipinski definition) is 0. The Labute approximate surface area is 200 Å². The molecule has 2 saturated heterocycles. The van der Waals surface area contributed by atoms with Crippen molar-refractivity contribution in [3.63, 3.8) is 0 Å². The molecule has 1 amide bonds. The molecule has 0 aliphatic carbocycles. The molecule has 3 aromatic carbocycles. The lowest BCUT2D eigenvalue weighted by Gasteiger charge is -2.27. The molecule has 4 atom stereocenters. The number of amides is 1. The van der Waals surface area contributed by atoms with Crippen molar-refractivity contribution < 1.29 is 23.7 Å². The van der Waals surface area contributed by atoms with Crippen LogP contribution in [-0.4, -0.2) is 48.5 Å². The summed E-state index contributed by atoms with van der Waals surface area (Å²) in [7, 11) is 0. The van der Waals surface area contributed by atoms with Crippen molar-refractivity contribution >= 4 is 6.09 Å². The molecule has 0 aromatic heterocycles. The van der Waals surface area contributed by atoms with Gasteiger partial charge in [-0.15, -0.1) is 0 Å². The fourth-order valence-electron chi connectivity index (χ4n) is 4.67. The molecule has 2 fully saturated rings. The predicted molar refractivity (Wildman–Crippen MR) is 127 cm³/mol. The number of hydrogen-bond acceptors (Lipinski definition) is 5. The maximum atomic E-state index is 12.7. The highest BCUT2D eigenvalue weighted by Crippen LogP contribution is 2.35. The van der Waals surface area contributed by atoms with Gasteiger partial charge < -0.3 is 18.9 Å². The van der Waals surface area contributed by atoms with E-state index in [-0.39, 0.29) is 30.4 Å². The highest BCUT2D eigenvalue weighted by atomic mass is 16.6. The molecule has 0 bridgehead atoms. The lowest BCUT2D eigenvalue weighted by molar-refractivity contribution is -0.0903. The summed E-state index contributed by atoms with van der Waals surface area (Å²) < 4.78 is 24.3. The minimum Gasteiger partial charge on any atom is -0.447 e. The van der Waals surface area contributed by atoms with Gasteiger partial charge in [0.1, 0.15) is 18.8 Å². The molecule has 176 valence electrons. The third-order valence-corrected chi connectivity index (χ3v) is 6.36. The number of benzene rings is 3. The molecule has 0 radical (unpaired) electrons. The van der Waals surface area contributed by atoms with Gasteiger partial charge in [-0.3, -0.25) is 4.90 Å². The van der Waals surface area contributed by atoms with E-state index in [0.717, 1.165) is 16.7 Å². The number of fused-ring (bicyclic) bond motifs is 1. The Balaban J connectivity index is 1.33. The number of rotatable bonds is 10. The number of carbonyl (C=O) groups excluding carboxylic acids is 1. The van der Waals surface area contributed by atoms with E-state index in [1.165, 1.54) is 0 Å². The van der Waals surface area contributed by atoms with Crippen LogP contribution in [0.3, 0.4) is 0 Å². The topological polar surface area (TPSA) is 57.2 Å². The van der Waals surface area contributed by atoms with Crippen LogP contribution in [0, 0.1) is 0 Å². The summed E-state index contributed by atoms with van der Waals surface area (Å²) in [5.41, 5.74) is 3.23. The summed E-state index contributed by atoms with van der Waals surface area (Å²) in [5.74, 6) is 0. The van der Waals surface area contributed by atoms with Crippen LogP contribution in [0.25, 0.3) is 0 Å². The van der Waals surface area contributed by atoms with Gasteiger partial charge >= 0.3 is 6.09 Å². The minimum absolute atomic E-state index is 0.206. The zero-order valence-electron chi connectivity index (χ0n) is 19.0. The molecule has 6 nitrogen and oxygen atoms in total. The Bertz CT molecular complexity index is 1050. The summed E-state index contributed by atoms with van der Waals surface area (Å²) >= 11 is 0. The third-order valence-electron chi connectivity index (χ3n) is 6.36. The van der Waals surface area contributed by atoms with Crippen molar-refractivity contribution in [3.05, 3.63) is 108 Å². The molecular formula is C28H29NO5. The van der Waals surface area contributed by atoms with Gasteiger partial charge in [0, 0.05) is 0 Å². The second kappa shape index (κ2) is 10.8. The average Bonchev–Trinajstić information content (AvgIpc) is 3.40. The van der Waals surface area contributed by atoms with Crippen molar-refractivity contribution in [2.24, 2.45) is 0 Å². The normalized spacial score (nSPS) is 23.6. The van der Waals surface area contributed by atoms with Crippen LogP contribution in [0.1, 0.15) is 16.7 Å². The second-order valence-corrected chi connectivity index (χ2v) is 8.64. The third kappa shape index (κ3) is 5.14. The first-order valence-corrected chi connectivity index (χ1v) is 11.7. The smallest absolute Gasteiger partial charge is 0.410 e. The highest BCUT2D eigenvalue weighted by molar-refractivity contribution is 5.71. The quantitative estimate of drug-likeness (QED) is 0.444. The first-order chi connectivity index (χ1) is 16.8. The molecular weight excluding hydrogens is 430 g/mol. The molecule has 2 aliphatic rings. The number of nitrogens with zero attached hydrogens (tertiary/aromatic N) is 1. The zero-order valence-corrected chi connectivity index (χ0v) is 19.0. The summed E-state index contributed by atoms with van der Waals surface area (Å²) in [6.45, 7) is 1.96. The summed E-state index contributed by atoms with van der Waals surface area (Å²) in [6, 6.07) is 29.6. The van der Waals surface area contributed by atoms with Crippen LogP contribution >= 0.6 is 0 Å². The molecule has 6 heteroatoms. The molecule has 2 heterocycles. The van der Waals surface area contributed by atoms with Crippen LogP contribution in [0.4, 0.5) is 4.79 Å². The van der Waals surface area contributed by atoms with Crippen molar-refractivity contribution in [2.45, 2.75) is 44.1 Å². The van der Waals surface area contributed by atoms with E-state index in [9.17, 15) is 4.79 Å². The maximum absolute atomic E-state index is 12.7. The van der Waals surface area contributed by atoms with E-state index in [1.54, 1.807) is 4.90 Å². The van der Waals surface area contributed by atoms with E-state index < -0.39 is 0 Å². The summed E-state index contributed by atoms with van der Waals surface area (Å²) in [5, 5.41) is 0. The molecule has 0 N–H and O–H groups in total. The average molecular weight is 460 g/mol. The number of carbonyl (C=O) groups is 1. The fourth-order valence-corrected chi connectivity index (χ4v) is 4.67. The van der Waals surface area contributed by atoms with Gasteiger partial charge in [-0.05, 0) is 16.7 Å². The van der Waals surface area contributed by atoms with Gasteiger partial charge in [-0.25, -0.2) is 4.79 Å². The Morgan fingerprint density at radius 2 is 1.21 bits per heavy atom. The molecule has 0 saturated carbocycles. The second-order valence-electron chi connectivity index (χ2n) is 8.64. The van der Waals surface area contributed by atoms with Crippen molar-refractivity contribution in [3.8, 4) is 0 Å². The van der Waals surface area contributed by atoms with E-state index in [0.29, 0.717) is 33.0 Å². The van der Waals surface area contributed by atoms with E-state index in [4.69, 9.17) is 18.9 Å². The first-order valence-electron chi connectivity index (χ1n) is 11.7. The largest absolute Gasteiger partial charge is 0.447 e. The molecule has 2 aliphatic heterocycles. The monoisotopic (exact) mass is 459 g/mol. The summed E-state index contributed by atoms with van der Waals surface area (Å²) in [6.07, 6.45) is -0.990. The Morgan fingerprint density at radius 3 is 1.76 bits per heavy atom. The van der Waals surface area contributed by atoms with Gasteiger partial charge in [-0.2, -0.15) is 0 Å².